The summed E-state index contributed by atoms with van der Waals surface area (Å²) in [5.41, 5.74) is 3.49. The van der Waals surface area contributed by atoms with E-state index in [0.29, 0.717) is 12.3 Å². The number of hydrogen-bond donors (Lipinski definition) is 3. The Labute approximate surface area is 147 Å². The summed E-state index contributed by atoms with van der Waals surface area (Å²) in [5, 5.41) is 8.97. The molecule has 0 spiro atoms. The zero-order chi connectivity index (χ0) is 18.7. The minimum atomic E-state index is -0.895. The Balaban J connectivity index is 2.40. The molecular weight excluding hydrogens is 324 g/mol. The van der Waals surface area contributed by atoms with Crippen LogP contribution in [0.5, 0.6) is 0 Å². The molecule has 3 amide bonds. The molecular formula is C17H24N4O4. The number of rotatable bonds is 8. The van der Waals surface area contributed by atoms with Crippen LogP contribution < -0.4 is 16.1 Å². The van der Waals surface area contributed by atoms with Crippen molar-refractivity contribution in [2.24, 2.45) is 5.10 Å². The van der Waals surface area contributed by atoms with Gasteiger partial charge in [-0.1, -0.05) is 30.3 Å². The smallest absolute Gasteiger partial charge is 0.329 e. The Morgan fingerprint density at radius 3 is 2.48 bits per heavy atom. The monoisotopic (exact) mass is 348 g/mol. The molecule has 0 saturated carbocycles. The molecule has 0 bridgehead atoms. The lowest BCUT2D eigenvalue weighted by Gasteiger charge is -2.14. The van der Waals surface area contributed by atoms with Crippen molar-refractivity contribution in [1.82, 2.24) is 16.1 Å². The van der Waals surface area contributed by atoms with Gasteiger partial charge in [0.2, 0.25) is 5.91 Å². The van der Waals surface area contributed by atoms with Gasteiger partial charge in [0.1, 0.15) is 0 Å². The highest BCUT2D eigenvalue weighted by molar-refractivity contribution is 6.35. The first-order valence-corrected chi connectivity index (χ1v) is 7.88. The fourth-order valence-electron chi connectivity index (χ4n) is 1.93. The number of benzene rings is 1. The molecule has 8 nitrogen and oxygen atoms in total. The van der Waals surface area contributed by atoms with Gasteiger partial charge in [-0.2, -0.15) is 5.10 Å². The number of nitrogens with one attached hydrogen (secondary N) is 3. The van der Waals surface area contributed by atoms with Crippen LogP contribution in [0.25, 0.3) is 0 Å². The van der Waals surface area contributed by atoms with E-state index in [1.165, 1.54) is 7.11 Å². The molecule has 0 radical (unpaired) electrons. The molecule has 0 fully saturated rings. The van der Waals surface area contributed by atoms with E-state index >= 15 is 0 Å². The lowest BCUT2D eigenvalue weighted by atomic mass is 10.1. The summed E-state index contributed by atoms with van der Waals surface area (Å²) in [6, 6.07) is 9.42. The topological polar surface area (TPSA) is 109 Å². The van der Waals surface area contributed by atoms with E-state index in [9.17, 15) is 14.4 Å². The highest BCUT2D eigenvalue weighted by Gasteiger charge is 2.13. The Morgan fingerprint density at radius 2 is 1.84 bits per heavy atom. The van der Waals surface area contributed by atoms with Crippen molar-refractivity contribution in [3.8, 4) is 0 Å². The van der Waals surface area contributed by atoms with Crippen LogP contribution in [0.1, 0.15) is 31.9 Å². The van der Waals surface area contributed by atoms with Crippen LogP contribution in [0.15, 0.2) is 35.4 Å². The van der Waals surface area contributed by atoms with Crippen LogP contribution in [-0.2, 0) is 19.1 Å². The molecule has 3 N–H and O–H groups in total. The van der Waals surface area contributed by atoms with Gasteiger partial charge in [-0.15, -0.1) is 0 Å². The van der Waals surface area contributed by atoms with Crippen molar-refractivity contribution in [1.29, 1.82) is 0 Å². The first-order chi connectivity index (χ1) is 11.9. The molecule has 1 aromatic rings. The van der Waals surface area contributed by atoms with Gasteiger partial charge < -0.3 is 15.4 Å². The molecule has 1 atom stereocenters. The number of hydrazone groups is 1. The molecule has 0 aliphatic carbocycles. The van der Waals surface area contributed by atoms with Crippen LogP contribution in [0.2, 0.25) is 0 Å². The van der Waals surface area contributed by atoms with Crippen LogP contribution in [-0.4, -0.2) is 43.7 Å². The largest absolute Gasteiger partial charge is 0.383 e. The van der Waals surface area contributed by atoms with Crippen molar-refractivity contribution in [2.75, 3.05) is 20.3 Å². The zero-order valence-corrected chi connectivity index (χ0v) is 14.7. The minimum Gasteiger partial charge on any atom is -0.383 e. The SMILES string of the molecule is COCCNC(=O)C(=O)NN=C(C)CC(=O)NC(C)c1ccccc1. The van der Waals surface area contributed by atoms with Gasteiger partial charge in [-0.25, -0.2) is 5.43 Å². The molecule has 0 aromatic heterocycles. The van der Waals surface area contributed by atoms with Crippen LogP contribution >= 0.6 is 0 Å². The third-order valence-corrected chi connectivity index (χ3v) is 3.24. The van der Waals surface area contributed by atoms with E-state index in [1.54, 1.807) is 6.92 Å². The Kier molecular flexibility index (Phi) is 8.87. The molecule has 1 aromatic carbocycles. The Morgan fingerprint density at radius 1 is 1.16 bits per heavy atom. The molecule has 25 heavy (non-hydrogen) atoms. The van der Waals surface area contributed by atoms with E-state index in [1.807, 2.05) is 37.3 Å². The average Bonchev–Trinajstić information content (AvgIpc) is 2.60. The fourth-order valence-corrected chi connectivity index (χ4v) is 1.93. The van der Waals surface area contributed by atoms with Crippen LogP contribution in [0, 0.1) is 0 Å². The van der Waals surface area contributed by atoms with E-state index < -0.39 is 11.8 Å². The summed E-state index contributed by atoms with van der Waals surface area (Å²) < 4.78 is 4.76. The number of methoxy groups -OCH3 is 1. The normalized spacial score (nSPS) is 12.2. The number of carbonyl (C=O) groups is 3. The zero-order valence-electron chi connectivity index (χ0n) is 14.7. The van der Waals surface area contributed by atoms with Gasteiger partial charge in [0.05, 0.1) is 19.1 Å². The van der Waals surface area contributed by atoms with Gasteiger partial charge in [-0.3, -0.25) is 14.4 Å². The number of nitrogens with zero attached hydrogens (tertiary/aromatic N) is 1. The lowest BCUT2D eigenvalue weighted by molar-refractivity contribution is -0.139. The third-order valence-electron chi connectivity index (χ3n) is 3.24. The lowest BCUT2D eigenvalue weighted by Crippen LogP contribution is -2.39. The molecule has 0 aliphatic heterocycles. The maximum atomic E-state index is 12.0. The van der Waals surface area contributed by atoms with Crippen molar-refractivity contribution in [3.05, 3.63) is 35.9 Å². The molecule has 0 aliphatic rings. The summed E-state index contributed by atoms with van der Waals surface area (Å²) >= 11 is 0. The number of carbonyl (C=O) groups excluding carboxylic acids is 3. The summed E-state index contributed by atoms with van der Waals surface area (Å²) in [4.78, 5) is 34.9. The van der Waals surface area contributed by atoms with Crippen LogP contribution in [0.3, 0.4) is 0 Å². The Bertz CT molecular complexity index is 616. The van der Waals surface area contributed by atoms with Gasteiger partial charge >= 0.3 is 11.8 Å². The summed E-state index contributed by atoms with van der Waals surface area (Å²) in [6.07, 6.45) is 0.0166. The maximum Gasteiger partial charge on any atom is 0.329 e. The van der Waals surface area contributed by atoms with Crippen LogP contribution in [0.4, 0.5) is 0 Å². The quantitative estimate of drug-likeness (QED) is 0.275. The molecule has 8 heteroatoms. The van der Waals surface area contributed by atoms with Crippen molar-refractivity contribution < 1.29 is 19.1 Å². The van der Waals surface area contributed by atoms with Gasteiger partial charge in [0, 0.05) is 19.4 Å². The van der Waals surface area contributed by atoms with E-state index in [0.717, 1.165) is 5.56 Å². The standard InChI is InChI=1S/C17H24N4O4/c1-12(20-21-17(24)16(23)18-9-10-25-3)11-15(22)19-13(2)14-7-5-4-6-8-14/h4-8,13H,9-11H2,1-3H3,(H,18,23)(H,19,22)(H,21,24). The van der Waals surface area contributed by atoms with Crippen molar-refractivity contribution in [3.63, 3.8) is 0 Å². The second-order valence-corrected chi connectivity index (χ2v) is 5.41. The number of amides is 3. The van der Waals surface area contributed by atoms with E-state index in [2.05, 4.69) is 21.2 Å². The van der Waals surface area contributed by atoms with Gasteiger partial charge in [-0.05, 0) is 19.4 Å². The summed E-state index contributed by atoms with van der Waals surface area (Å²) in [6.45, 7) is 4.01. The van der Waals surface area contributed by atoms with E-state index in [4.69, 9.17) is 4.74 Å². The molecule has 0 saturated heterocycles. The maximum absolute atomic E-state index is 12.0. The number of hydrogen-bond acceptors (Lipinski definition) is 5. The predicted octanol–water partition coefficient (Wildman–Crippen LogP) is 0.509. The van der Waals surface area contributed by atoms with Crippen molar-refractivity contribution >= 4 is 23.4 Å². The fraction of sp³-hybridized carbons (Fsp3) is 0.412. The molecule has 1 rings (SSSR count). The third kappa shape index (κ3) is 8.07. The molecule has 136 valence electrons. The second-order valence-electron chi connectivity index (χ2n) is 5.41. The van der Waals surface area contributed by atoms with E-state index in [-0.39, 0.29) is 24.9 Å². The number of ether oxygens (including phenoxy) is 1. The Hall–Kier alpha value is -2.74. The average molecular weight is 348 g/mol. The molecule has 1 unspecified atom stereocenters. The first kappa shape index (κ1) is 20.3. The summed E-state index contributed by atoms with van der Waals surface area (Å²) in [7, 11) is 1.49. The van der Waals surface area contributed by atoms with Crippen molar-refractivity contribution in [2.45, 2.75) is 26.3 Å². The second kappa shape index (κ2) is 10.9. The summed E-state index contributed by atoms with van der Waals surface area (Å²) in [5.74, 6) is -1.93. The molecule has 0 heterocycles. The highest BCUT2D eigenvalue weighted by atomic mass is 16.5. The minimum absolute atomic E-state index is 0.0166. The first-order valence-electron chi connectivity index (χ1n) is 7.88. The van der Waals surface area contributed by atoms with Gasteiger partial charge in [0.25, 0.3) is 0 Å². The highest BCUT2D eigenvalue weighted by Crippen LogP contribution is 2.11. The van der Waals surface area contributed by atoms with Gasteiger partial charge in [0.15, 0.2) is 0 Å². The predicted molar refractivity (Wildman–Crippen MR) is 93.8 cm³/mol.